The molecule has 0 unspecified atom stereocenters. The van der Waals surface area contributed by atoms with Gasteiger partial charge < -0.3 is 53.2 Å². The van der Waals surface area contributed by atoms with Crippen LogP contribution in [0.3, 0.4) is 0 Å². The lowest BCUT2D eigenvalue weighted by atomic mass is 10.4. The molecule has 26 nitrogen and oxygen atoms in total. The van der Waals surface area contributed by atoms with Gasteiger partial charge in [0.05, 0.1) is 36.2 Å². The number of furan rings is 5. The molecular formula is C26H15Br7N12O14S. The predicted octanol–water partition coefficient (Wildman–Crippen LogP) is 12.5. The van der Waals surface area contributed by atoms with Gasteiger partial charge in [0.15, 0.2) is 4.67 Å². The molecule has 6 rings (SSSR count). The zero-order chi connectivity index (χ0) is 45.0. The molecule has 0 aromatic carbocycles. The van der Waals surface area contributed by atoms with Crippen LogP contribution in [-0.4, -0.2) is 54.3 Å². The zero-order valence-electron chi connectivity index (χ0n) is 28.0. The highest BCUT2D eigenvalue weighted by atomic mass is 80.9. The van der Waals surface area contributed by atoms with Gasteiger partial charge in [0.2, 0.25) is 28.6 Å². The first kappa shape index (κ1) is 54.9. The van der Waals surface area contributed by atoms with Gasteiger partial charge in [-0.25, -0.2) is 24.2 Å². The number of azide groups is 3. The minimum Gasteiger partial charge on any atom is -0.475 e. The summed E-state index contributed by atoms with van der Waals surface area (Å²) in [5.41, 5.74) is 30.0. The first-order valence-electron chi connectivity index (χ1n) is 13.6. The van der Waals surface area contributed by atoms with Crippen molar-refractivity contribution in [3.05, 3.63) is 125 Å². The lowest BCUT2D eigenvalue weighted by Crippen LogP contribution is -2.03. The van der Waals surface area contributed by atoms with Crippen LogP contribution in [0.1, 0.15) is 42.2 Å². The molecule has 0 saturated carbocycles. The van der Waals surface area contributed by atoms with E-state index in [9.17, 15) is 24.0 Å². The molecule has 0 radical (unpaired) electrons. The molecule has 0 aliphatic heterocycles. The van der Waals surface area contributed by atoms with E-state index in [0.717, 1.165) is 12.5 Å². The van der Waals surface area contributed by atoms with Crippen molar-refractivity contribution >= 4 is 179 Å². The van der Waals surface area contributed by atoms with Crippen LogP contribution in [0.2, 0.25) is 0 Å². The van der Waals surface area contributed by atoms with Gasteiger partial charge >= 0.3 is 23.9 Å². The van der Waals surface area contributed by atoms with E-state index in [1.54, 1.807) is 0 Å². The number of H-pyrrole nitrogens is 1. The van der Waals surface area contributed by atoms with Gasteiger partial charge in [-0.05, 0) is 102 Å². The summed E-state index contributed by atoms with van der Waals surface area (Å²) < 4.78 is 25.3. The smallest absolute Gasteiger partial charge is 0.374 e. The second kappa shape index (κ2) is 27.6. The van der Waals surface area contributed by atoms with E-state index in [1.807, 2.05) is 0 Å². The van der Waals surface area contributed by atoms with Crippen molar-refractivity contribution in [1.29, 1.82) is 0 Å². The molecule has 60 heavy (non-hydrogen) atoms. The minimum atomic E-state index is -1.30. The molecule has 34 heteroatoms. The maximum Gasteiger partial charge on any atom is 0.374 e. The number of nitrogens with one attached hydrogen (secondary N) is 1. The van der Waals surface area contributed by atoms with E-state index in [4.69, 9.17) is 51.6 Å². The number of aromatic carboxylic acids is 4. The number of aromatic nitrogens is 2. The number of rotatable bonds is 7. The minimum absolute atomic E-state index is 0. The van der Waals surface area contributed by atoms with Crippen LogP contribution in [0, 0.1) is 0 Å². The Bertz CT molecular complexity index is 2640. The highest BCUT2D eigenvalue weighted by Gasteiger charge is 2.21. The summed E-state index contributed by atoms with van der Waals surface area (Å²) in [6, 6.07) is 1.28. The third kappa shape index (κ3) is 15.8. The van der Waals surface area contributed by atoms with E-state index >= 15 is 0 Å². The standard InChI is InChI=1S/C6H3BrN2O2.C5HBr2N3O3.C5H2BrN3O3.C5H4BrNO3.C5H3N3O3.Br2.H2S/c7-3-1-11-5-4(3)8-2-9-6(5)10;6-1-2(9-10-8)3(5(11)12)13-4(1)7;6-2-1-12-4(5(10)11)3(2)8-9-7;6-2-1-10-4(3(2)7)5(8)9;6-8-7-3-1-2-11-4(3)5(9)10;1-2;/h1-2H,(H,8,9,10);(H,11,12);1H,(H,10,11);1H,7H2,(H,8,9);1-2H,(H,9,10);;1H2. The number of carboxylic acid groups (broad SMARTS) is 4. The number of aromatic amines is 1. The van der Waals surface area contributed by atoms with Gasteiger partial charge in [-0.2, -0.15) is 13.5 Å². The van der Waals surface area contributed by atoms with Gasteiger partial charge in [0.25, 0.3) is 5.56 Å². The van der Waals surface area contributed by atoms with Gasteiger partial charge in [0.1, 0.15) is 41.4 Å². The van der Waals surface area contributed by atoms with E-state index in [0.29, 0.717) is 18.9 Å². The van der Waals surface area contributed by atoms with Crippen molar-refractivity contribution in [3.8, 4) is 0 Å². The zero-order valence-corrected chi connectivity index (χ0v) is 40.1. The van der Waals surface area contributed by atoms with E-state index in [-0.39, 0.29) is 73.8 Å². The Hall–Kier alpha value is -5.14. The lowest BCUT2D eigenvalue weighted by molar-refractivity contribution is 0.0652. The lowest BCUT2D eigenvalue weighted by Gasteiger charge is -1.87. The SMILES string of the molecule is BrBr.Nc1c(Br)coc1C(=O)O.O=c1[nH]cnc2c(Br)coc12.S.[N-]=[N+]=Nc1c(Br)coc1C(=O)O.[N-]=[N+]=Nc1c(C(=O)O)oc(Br)c1Br.[N-]=[N+]=Nc1ccoc1C(=O)O. The first-order chi connectivity index (χ1) is 27.9. The predicted molar refractivity (Wildman–Crippen MR) is 235 cm³/mol. The first-order valence-corrected chi connectivity index (χ1v) is 21.3. The number of hydrogen-bond donors (Lipinski definition) is 6. The third-order valence-corrected chi connectivity index (χ3v) is 9.04. The molecule has 0 atom stereocenters. The van der Waals surface area contributed by atoms with Crippen molar-refractivity contribution in [1.82, 2.24) is 9.97 Å². The molecule has 0 spiro atoms. The summed E-state index contributed by atoms with van der Waals surface area (Å²) in [5.74, 6) is -6.34. The fourth-order valence-corrected chi connectivity index (χ4v) is 4.90. The van der Waals surface area contributed by atoms with Crippen LogP contribution in [0.4, 0.5) is 22.7 Å². The fourth-order valence-electron chi connectivity index (χ4n) is 3.21. The van der Waals surface area contributed by atoms with E-state index in [2.05, 4.69) is 161 Å². The maximum atomic E-state index is 11.0. The van der Waals surface area contributed by atoms with Gasteiger partial charge in [0, 0.05) is 43.0 Å². The molecule has 0 saturated heterocycles. The second-order valence-electron chi connectivity index (χ2n) is 8.87. The summed E-state index contributed by atoms with van der Waals surface area (Å²) in [5, 5.41) is 43.3. The van der Waals surface area contributed by atoms with Crippen LogP contribution < -0.4 is 11.3 Å². The van der Waals surface area contributed by atoms with Gasteiger partial charge in [-0.15, -0.1) is 0 Å². The van der Waals surface area contributed by atoms with Gasteiger partial charge in [-0.1, -0.05) is 15.3 Å². The van der Waals surface area contributed by atoms with Crippen LogP contribution in [0.25, 0.3) is 42.4 Å². The average Bonchev–Trinajstić information content (AvgIpc) is 4.03. The van der Waals surface area contributed by atoms with Crippen LogP contribution >= 0.6 is 121 Å². The average molecular weight is 1310 g/mol. The Morgan fingerprint density at radius 1 is 0.700 bits per heavy atom. The highest BCUT2D eigenvalue weighted by molar-refractivity contribution is 9.93. The molecule has 6 heterocycles. The van der Waals surface area contributed by atoms with E-state index < -0.39 is 29.6 Å². The number of nitrogens with two attached hydrogens (primary N) is 1. The van der Waals surface area contributed by atoms with Crippen molar-refractivity contribution in [2.24, 2.45) is 15.3 Å². The van der Waals surface area contributed by atoms with Gasteiger partial charge in [-0.3, -0.25) is 4.79 Å². The fraction of sp³-hybridized carbons (Fsp3) is 0. The third-order valence-electron chi connectivity index (χ3n) is 5.47. The molecule has 6 aromatic rings. The largest absolute Gasteiger partial charge is 0.475 e. The normalized spacial score (nSPS) is 9.12. The summed E-state index contributed by atoms with van der Waals surface area (Å²) >= 11 is 20.6. The van der Waals surface area contributed by atoms with Crippen molar-refractivity contribution < 1.29 is 61.7 Å². The number of fused-ring (bicyclic) bond motifs is 1. The molecule has 6 aromatic heterocycles. The summed E-state index contributed by atoms with van der Waals surface area (Å²) in [6.07, 6.45) is 6.30. The Balaban J connectivity index is 0.000000716. The molecule has 318 valence electrons. The number of hydrogen-bond acceptors (Lipinski definition) is 15. The number of nitrogen functional groups attached to an aromatic ring is 1. The Kier molecular flexibility index (Phi) is 25.2. The summed E-state index contributed by atoms with van der Waals surface area (Å²) in [7, 11) is 0. The monoisotopic (exact) mass is 1300 g/mol. The summed E-state index contributed by atoms with van der Waals surface area (Å²) in [6.45, 7) is 0. The number of halogens is 7. The summed E-state index contributed by atoms with van der Waals surface area (Å²) in [4.78, 5) is 66.1. The van der Waals surface area contributed by atoms with E-state index in [1.165, 1.54) is 24.9 Å². The van der Waals surface area contributed by atoms with Crippen molar-refractivity contribution in [2.75, 3.05) is 5.73 Å². The molecule has 0 aliphatic rings. The Morgan fingerprint density at radius 3 is 1.67 bits per heavy atom. The van der Waals surface area contributed by atoms with Crippen LogP contribution in [-0.2, 0) is 0 Å². The molecule has 7 N–H and O–H groups in total. The second-order valence-corrected chi connectivity index (χ2v) is 12.9. The van der Waals surface area contributed by atoms with Crippen LogP contribution in [0.5, 0.6) is 0 Å². The highest BCUT2D eigenvalue weighted by Crippen LogP contribution is 2.39. The molecule has 0 bridgehead atoms. The quantitative estimate of drug-likeness (QED) is 0.0491. The molecule has 0 fully saturated rings. The molecular weight excluding hydrogens is 1300 g/mol. The molecule has 0 aliphatic carbocycles. The molecule has 0 amide bonds. The number of nitrogens with zero attached hydrogens (tertiary/aromatic N) is 10. The Morgan fingerprint density at radius 2 is 1.20 bits per heavy atom. The van der Waals surface area contributed by atoms with Crippen LogP contribution in [0.15, 0.2) is 102 Å². The number of carbonyl (C=O) groups is 4. The Labute approximate surface area is 393 Å². The number of carboxylic acids is 4. The van der Waals surface area contributed by atoms with Crippen molar-refractivity contribution in [3.63, 3.8) is 0 Å². The maximum absolute atomic E-state index is 11.0. The van der Waals surface area contributed by atoms with Crippen molar-refractivity contribution in [2.45, 2.75) is 0 Å². The topological polar surface area (TPSA) is 433 Å². The number of anilines is 1.